The largest absolute Gasteiger partial charge is 0.461 e. The maximum atomic E-state index is 11.6. The van der Waals surface area contributed by atoms with Crippen LogP contribution in [0.2, 0.25) is 0 Å². The highest BCUT2D eigenvalue weighted by Crippen LogP contribution is 2.22. The van der Waals surface area contributed by atoms with Crippen LogP contribution < -0.4 is 5.73 Å². The van der Waals surface area contributed by atoms with E-state index >= 15 is 0 Å². The number of hydrogen-bond acceptors (Lipinski definition) is 4. The van der Waals surface area contributed by atoms with E-state index in [2.05, 4.69) is 25.8 Å². The van der Waals surface area contributed by atoms with E-state index in [1.54, 1.807) is 6.92 Å². The van der Waals surface area contributed by atoms with Gasteiger partial charge in [-0.25, -0.2) is 9.78 Å². The molecule has 0 radical (unpaired) electrons. The Labute approximate surface area is 102 Å². The highest BCUT2D eigenvalue weighted by molar-refractivity contribution is 5.92. The second-order valence-corrected chi connectivity index (χ2v) is 5.26. The summed E-state index contributed by atoms with van der Waals surface area (Å²) in [5.41, 5.74) is 6.23. The van der Waals surface area contributed by atoms with Crippen molar-refractivity contribution in [1.29, 1.82) is 0 Å². The Bertz CT molecular complexity index is 416. The van der Waals surface area contributed by atoms with Gasteiger partial charge in [0.25, 0.3) is 0 Å². The van der Waals surface area contributed by atoms with Crippen LogP contribution in [0.3, 0.4) is 0 Å². The Morgan fingerprint density at radius 3 is 2.53 bits per heavy atom. The summed E-state index contributed by atoms with van der Waals surface area (Å²) in [5, 5.41) is 0. The fourth-order valence-electron chi connectivity index (χ4n) is 1.61. The minimum Gasteiger partial charge on any atom is -0.461 e. The van der Waals surface area contributed by atoms with Gasteiger partial charge in [-0.05, 0) is 19.3 Å². The van der Waals surface area contributed by atoms with Crippen molar-refractivity contribution in [2.24, 2.45) is 5.41 Å². The first kappa shape index (κ1) is 13.5. The SMILES string of the molecule is CCOC(=O)c1nc(C)n(CC(C)(C)C)c1N. The number of hydrogen-bond donors (Lipinski definition) is 1. The van der Waals surface area contributed by atoms with Gasteiger partial charge in [-0.3, -0.25) is 0 Å². The highest BCUT2D eigenvalue weighted by atomic mass is 16.5. The normalized spacial score (nSPS) is 11.6. The quantitative estimate of drug-likeness (QED) is 0.819. The first-order chi connectivity index (χ1) is 7.76. The van der Waals surface area contributed by atoms with E-state index in [4.69, 9.17) is 10.5 Å². The second-order valence-electron chi connectivity index (χ2n) is 5.26. The fraction of sp³-hybridized carbons (Fsp3) is 0.667. The highest BCUT2D eigenvalue weighted by Gasteiger charge is 2.22. The van der Waals surface area contributed by atoms with Crippen LogP contribution in [0.25, 0.3) is 0 Å². The zero-order chi connectivity index (χ0) is 13.2. The Balaban J connectivity index is 3.06. The predicted molar refractivity (Wildman–Crippen MR) is 66.8 cm³/mol. The number of nitrogens with two attached hydrogens (primary N) is 1. The number of nitrogens with zero attached hydrogens (tertiary/aromatic N) is 2. The van der Waals surface area contributed by atoms with Crippen molar-refractivity contribution in [3.05, 3.63) is 11.5 Å². The van der Waals surface area contributed by atoms with Gasteiger partial charge >= 0.3 is 5.97 Å². The van der Waals surface area contributed by atoms with Crippen LogP contribution in [0.1, 0.15) is 44.0 Å². The van der Waals surface area contributed by atoms with Crippen molar-refractivity contribution in [3.63, 3.8) is 0 Å². The molecule has 96 valence electrons. The summed E-state index contributed by atoms with van der Waals surface area (Å²) in [5.74, 6) is 0.664. The zero-order valence-electron chi connectivity index (χ0n) is 11.2. The molecule has 0 amide bonds. The smallest absolute Gasteiger partial charge is 0.360 e. The summed E-state index contributed by atoms with van der Waals surface area (Å²) in [6, 6.07) is 0. The van der Waals surface area contributed by atoms with Crippen molar-refractivity contribution in [2.45, 2.75) is 41.2 Å². The van der Waals surface area contributed by atoms with E-state index in [1.807, 2.05) is 11.5 Å². The molecular weight excluding hydrogens is 218 g/mol. The van der Waals surface area contributed by atoms with Crippen LogP contribution in [-0.4, -0.2) is 22.1 Å². The molecule has 0 saturated carbocycles. The molecule has 1 rings (SSSR count). The molecule has 0 unspecified atom stereocenters. The molecule has 0 spiro atoms. The van der Waals surface area contributed by atoms with Crippen molar-refractivity contribution in [3.8, 4) is 0 Å². The third-order valence-corrected chi connectivity index (χ3v) is 2.30. The number of imidazole rings is 1. The maximum absolute atomic E-state index is 11.6. The third kappa shape index (κ3) is 3.22. The van der Waals surface area contributed by atoms with Crippen molar-refractivity contribution < 1.29 is 9.53 Å². The van der Waals surface area contributed by atoms with E-state index in [-0.39, 0.29) is 11.1 Å². The minimum absolute atomic E-state index is 0.0749. The Morgan fingerprint density at radius 2 is 2.06 bits per heavy atom. The van der Waals surface area contributed by atoms with E-state index in [1.165, 1.54) is 0 Å². The number of nitrogen functional groups attached to an aromatic ring is 1. The molecule has 2 N–H and O–H groups in total. The molecule has 1 aromatic heterocycles. The molecular formula is C12H21N3O2. The monoisotopic (exact) mass is 239 g/mol. The summed E-state index contributed by atoms with van der Waals surface area (Å²) in [6.07, 6.45) is 0. The van der Waals surface area contributed by atoms with E-state index in [9.17, 15) is 4.79 Å². The first-order valence-corrected chi connectivity index (χ1v) is 5.76. The molecule has 0 aliphatic rings. The number of rotatable bonds is 3. The Kier molecular flexibility index (Phi) is 3.80. The second kappa shape index (κ2) is 4.77. The molecule has 0 aromatic carbocycles. The van der Waals surface area contributed by atoms with Crippen molar-refractivity contribution in [2.75, 3.05) is 12.3 Å². The molecule has 0 atom stereocenters. The Hall–Kier alpha value is -1.52. The molecule has 17 heavy (non-hydrogen) atoms. The third-order valence-electron chi connectivity index (χ3n) is 2.30. The molecule has 1 aromatic rings. The first-order valence-electron chi connectivity index (χ1n) is 5.76. The summed E-state index contributed by atoms with van der Waals surface area (Å²) >= 11 is 0. The average molecular weight is 239 g/mol. The molecule has 1 heterocycles. The van der Waals surface area contributed by atoms with Gasteiger partial charge < -0.3 is 15.0 Å². The Morgan fingerprint density at radius 1 is 1.47 bits per heavy atom. The summed E-state index contributed by atoms with van der Waals surface area (Å²) < 4.78 is 6.77. The molecule has 0 aliphatic carbocycles. The zero-order valence-corrected chi connectivity index (χ0v) is 11.2. The van der Waals surface area contributed by atoms with Gasteiger partial charge in [0, 0.05) is 6.54 Å². The van der Waals surface area contributed by atoms with Crippen LogP contribution in [-0.2, 0) is 11.3 Å². The fourth-order valence-corrected chi connectivity index (χ4v) is 1.61. The number of carbonyl (C=O) groups excluding carboxylic acids is 1. The lowest BCUT2D eigenvalue weighted by molar-refractivity contribution is 0.0521. The van der Waals surface area contributed by atoms with Gasteiger partial charge in [0.05, 0.1) is 6.61 Å². The standard InChI is InChI=1S/C12H21N3O2/c1-6-17-11(16)9-10(13)15(8(2)14-9)7-12(3,4)5/h6-7,13H2,1-5H3. The molecule has 5 heteroatoms. The molecule has 0 bridgehead atoms. The number of aryl methyl sites for hydroxylation is 1. The van der Waals surface area contributed by atoms with Crippen LogP contribution in [0, 0.1) is 12.3 Å². The van der Waals surface area contributed by atoms with Crippen LogP contribution >= 0.6 is 0 Å². The van der Waals surface area contributed by atoms with Gasteiger partial charge in [0.1, 0.15) is 11.6 Å². The lowest BCUT2D eigenvalue weighted by Crippen LogP contribution is -2.18. The lowest BCUT2D eigenvalue weighted by atomic mass is 9.97. The number of ether oxygens (including phenoxy) is 1. The summed E-state index contributed by atoms with van der Waals surface area (Å²) in [7, 11) is 0. The summed E-state index contributed by atoms with van der Waals surface area (Å²) in [4.78, 5) is 15.8. The van der Waals surface area contributed by atoms with Crippen LogP contribution in [0.15, 0.2) is 0 Å². The average Bonchev–Trinajstić information content (AvgIpc) is 2.44. The van der Waals surface area contributed by atoms with Gasteiger partial charge in [-0.1, -0.05) is 20.8 Å². The molecule has 0 fully saturated rings. The van der Waals surface area contributed by atoms with Crippen molar-refractivity contribution >= 4 is 11.8 Å². The van der Waals surface area contributed by atoms with E-state index < -0.39 is 5.97 Å². The number of carbonyl (C=O) groups is 1. The van der Waals surface area contributed by atoms with Crippen molar-refractivity contribution in [1.82, 2.24) is 9.55 Å². The predicted octanol–water partition coefficient (Wildman–Crippen LogP) is 2.00. The lowest BCUT2D eigenvalue weighted by Gasteiger charge is -2.20. The van der Waals surface area contributed by atoms with Gasteiger partial charge in [-0.2, -0.15) is 0 Å². The summed E-state index contributed by atoms with van der Waals surface area (Å²) in [6.45, 7) is 11.0. The molecule has 5 nitrogen and oxygen atoms in total. The number of aromatic nitrogens is 2. The van der Waals surface area contributed by atoms with E-state index in [0.29, 0.717) is 12.4 Å². The number of esters is 1. The van der Waals surface area contributed by atoms with Crippen LogP contribution in [0.4, 0.5) is 5.82 Å². The van der Waals surface area contributed by atoms with E-state index in [0.717, 1.165) is 12.4 Å². The van der Waals surface area contributed by atoms with Crippen LogP contribution in [0.5, 0.6) is 0 Å². The number of anilines is 1. The molecule has 0 saturated heterocycles. The minimum atomic E-state index is -0.458. The maximum Gasteiger partial charge on any atom is 0.360 e. The van der Waals surface area contributed by atoms with Gasteiger partial charge in [0.2, 0.25) is 0 Å². The van der Waals surface area contributed by atoms with Gasteiger partial charge in [0.15, 0.2) is 5.69 Å². The molecule has 0 aliphatic heterocycles. The topological polar surface area (TPSA) is 70.1 Å². The van der Waals surface area contributed by atoms with Gasteiger partial charge in [-0.15, -0.1) is 0 Å².